The fourth-order valence-electron chi connectivity index (χ4n) is 6.02. The lowest BCUT2D eigenvalue weighted by atomic mass is 9.83. The first kappa shape index (κ1) is 24.8. The summed E-state index contributed by atoms with van der Waals surface area (Å²) in [6.07, 6.45) is 1.85. The van der Waals surface area contributed by atoms with Crippen LogP contribution in [0.2, 0.25) is 0 Å². The van der Waals surface area contributed by atoms with Crippen molar-refractivity contribution in [3.8, 4) is 16.9 Å². The summed E-state index contributed by atoms with van der Waals surface area (Å²) in [5.74, 6) is 0.493. The zero-order valence-corrected chi connectivity index (χ0v) is 22.8. The first-order valence-electron chi connectivity index (χ1n) is 13.4. The van der Waals surface area contributed by atoms with Gasteiger partial charge >= 0.3 is 5.97 Å². The van der Waals surface area contributed by atoms with E-state index in [9.17, 15) is 4.79 Å². The Kier molecular flexibility index (Phi) is 6.12. The minimum atomic E-state index is -0.878. The second-order valence-corrected chi connectivity index (χ2v) is 11.2. The standard InChI is InChI=1S/C32H34N2O4/c1-6-36-31(35)30(38-32(2,3)4)28-24-18-34(5)17-23(24)20-9-7-8-10-21(20)27(28)22-11-12-25-26-19(14-16-37-25)13-15-33-29(22)26/h7-13,15,30H,6,14,16-18H2,1-5H3/t30-/m0/s1. The molecule has 6 rings (SSSR count). The van der Waals surface area contributed by atoms with E-state index in [0.717, 1.165) is 63.8 Å². The third-order valence-electron chi connectivity index (χ3n) is 7.41. The Balaban J connectivity index is 1.75. The van der Waals surface area contributed by atoms with Crippen LogP contribution in [0.1, 0.15) is 56.1 Å². The summed E-state index contributed by atoms with van der Waals surface area (Å²) in [6.45, 7) is 10.3. The number of pyridine rings is 1. The van der Waals surface area contributed by atoms with E-state index in [1.165, 1.54) is 16.5 Å². The Morgan fingerprint density at radius 3 is 2.61 bits per heavy atom. The molecule has 4 aromatic rings. The normalized spacial score (nSPS) is 15.9. The van der Waals surface area contributed by atoms with Crippen LogP contribution in [0, 0.1) is 0 Å². The number of esters is 1. The van der Waals surface area contributed by atoms with E-state index in [4.69, 9.17) is 19.2 Å². The first-order valence-corrected chi connectivity index (χ1v) is 13.4. The van der Waals surface area contributed by atoms with Crippen molar-refractivity contribution >= 4 is 27.6 Å². The monoisotopic (exact) mass is 510 g/mol. The second-order valence-electron chi connectivity index (χ2n) is 11.2. The number of ether oxygens (including phenoxy) is 3. The molecule has 6 heteroatoms. The van der Waals surface area contributed by atoms with Crippen molar-refractivity contribution in [1.82, 2.24) is 9.88 Å². The maximum atomic E-state index is 13.7. The van der Waals surface area contributed by atoms with E-state index in [1.54, 1.807) is 0 Å². The molecule has 2 aliphatic rings. The van der Waals surface area contributed by atoms with Gasteiger partial charge in [-0.05, 0) is 86.0 Å². The van der Waals surface area contributed by atoms with Gasteiger partial charge in [0.2, 0.25) is 0 Å². The Morgan fingerprint density at radius 2 is 1.84 bits per heavy atom. The molecule has 0 radical (unpaired) electrons. The Hall–Kier alpha value is -3.48. The summed E-state index contributed by atoms with van der Waals surface area (Å²) in [7, 11) is 2.11. The zero-order chi connectivity index (χ0) is 26.6. The van der Waals surface area contributed by atoms with Crippen molar-refractivity contribution in [1.29, 1.82) is 0 Å². The van der Waals surface area contributed by atoms with Crippen LogP contribution < -0.4 is 4.74 Å². The number of fused-ring (bicyclic) bond motifs is 3. The largest absolute Gasteiger partial charge is 0.493 e. The minimum Gasteiger partial charge on any atom is -0.493 e. The molecule has 0 fully saturated rings. The molecule has 3 heterocycles. The molecule has 0 N–H and O–H groups in total. The third kappa shape index (κ3) is 4.12. The molecule has 3 aromatic carbocycles. The summed E-state index contributed by atoms with van der Waals surface area (Å²) >= 11 is 0. The van der Waals surface area contributed by atoms with Crippen molar-refractivity contribution in [3.05, 3.63) is 70.9 Å². The molecule has 38 heavy (non-hydrogen) atoms. The van der Waals surface area contributed by atoms with Crippen molar-refractivity contribution in [3.63, 3.8) is 0 Å². The molecule has 0 spiro atoms. The van der Waals surface area contributed by atoms with Gasteiger partial charge in [0.15, 0.2) is 6.10 Å². The number of rotatable bonds is 5. The van der Waals surface area contributed by atoms with Crippen LogP contribution in [0.15, 0.2) is 48.7 Å². The summed E-state index contributed by atoms with van der Waals surface area (Å²) in [6, 6.07) is 14.7. The number of carbonyl (C=O) groups is 1. The molecular weight excluding hydrogens is 476 g/mol. The van der Waals surface area contributed by atoms with E-state index >= 15 is 0 Å². The average Bonchev–Trinajstić information content (AvgIpc) is 3.28. The van der Waals surface area contributed by atoms with E-state index in [-0.39, 0.29) is 12.6 Å². The van der Waals surface area contributed by atoms with Crippen molar-refractivity contribution < 1.29 is 19.0 Å². The second kappa shape index (κ2) is 9.37. The van der Waals surface area contributed by atoms with Crippen LogP contribution in [0.3, 0.4) is 0 Å². The van der Waals surface area contributed by atoms with Crippen molar-refractivity contribution in [2.75, 3.05) is 20.3 Å². The predicted octanol–water partition coefficient (Wildman–Crippen LogP) is 6.35. The molecular formula is C32H34N2O4. The molecule has 196 valence electrons. The topological polar surface area (TPSA) is 60.9 Å². The van der Waals surface area contributed by atoms with Crippen LogP contribution in [0.4, 0.5) is 0 Å². The smallest absolute Gasteiger partial charge is 0.339 e. The molecule has 0 saturated heterocycles. The third-order valence-corrected chi connectivity index (χ3v) is 7.41. The maximum Gasteiger partial charge on any atom is 0.339 e. The molecule has 1 aromatic heterocycles. The number of benzene rings is 3. The predicted molar refractivity (Wildman–Crippen MR) is 149 cm³/mol. The minimum absolute atomic E-state index is 0.285. The highest BCUT2D eigenvalue weighted by molar-refractivity contribution is 6.10. The van der Waals surface area contributed by atoms with Gasteiger partial charge in [0.25, 0.3) is 0 Å². The molecule has 0 amide bonds. The van der Waals surface area contributed by atoms with Gasteiger partial charge in [0.05, 0.1) is 24.3 Å². The van der Waals surface area contributed by atoms with Crippen LogP contribution in [0.5, 0.6) is 5.75 Å². The molecule has 0 aliphatic carbocycles. The molecule has 0 saturated carbocycles. The van der Waals surface area contributed by atoms with Gasteiger partial charge < -0.3 is 14.2 Å². The summed E-state index contributed by atoms with van der Waals surface area (Å²) in [5.41, 5.74) is 6.78. The van der Waals surface area contributed by atoms with Gasteiger partial charge in [-0.2, -0.15) is 0 Å². The van der Waals surface area contributed by atoms with Gasteiger partial charge in [-0.25, -0.2) is 4.79 Å². The average molecular weight is 511 g/mol. The molecule has 0 bridgehead atoms. The van der Waals surface area contributed by atoms with Gasteiger partial charge in [0.1, 0.15) is 5.75 Å². The molecule has 0 unspecified atom stereocenters. The zero-order valence-electron chi connectivity index (χ0n) is 22.8. The number of hydrogen-bond donors (Lipinski definition) is 0. The lowest BCUT2D eigenvalue weighted by Crippen LogP contribution is -2.30. The lowest BCUT2D eigenvalue weighted by Gasteiger charge is -2.30. The lowest BCUT2D eigenvalue weighted by molar-refractivity contribution is -0.166. The van der Waals surface area contributed by atoms with Gasteiger partial charge in [-0.15, -0.1) is 0 Å². The highest BCUT2D eigenvalue weighted by Crippen LogP contribution is 2.48. The molecule has 6 nitrogen and oxygen atoms in total. The van der Waals surface area contributed by atoms with E-state index in [0.29, 0.717) is 6.61 Å². The Bertz CT molecular complexity index is 1560. The van der Waals surface area contributed by atoms with E-state index in [1.807, 2.05) is 40.0 Å². The van der Waals surface area contributed by atoms with Crippen molar-refractivity contribution in [2.24, 2.45) is 0 Å². The highest BCUT2D eigenvalue weighted by atomic mass is 16.6. The first-order chi connectivity index (χ1) is 18.3. The van der Waals surface area contributed by atoms with Gasteiger partial charge in [0, 0.05) is 42.2 Å². The number of carbonyl (C=O) groups excluding carboxylic acids is 1. The van der Waals surface area contributed by atoms with E-state index in [2.05, 4.69) is 48.3 Å². The van der Waals surface area contributed by atoms with Crippen molar-refractivity contribution in [2.45, 2.75) is 58.9 Å². The SMILES string of the molecule is CCOC(=O)[C@@H](OC(C)(C)C)c1c2c(c3ccccc3c1-c1ccc3c4c(ccnc14)CCO3)CN(C)C2. The number of hydrogen-bond acceptors (Lipinski definition) is 6. The maximum absolute atomic E-state index is 13.7. The molecule has 2 aliphatic heterocycles. The van der Waals surface area contributed by atoms with Crippen LogP contribution in [-0.2, 0) is 33.8 Å². The van der Waals surface area contributed by atoms with Gasteiger partial charge in [-0.3, -0.25) is 9.88 Å². The summed E-state index contributed by atoms with van der Waals surface area (Å²) in [4.78, 5) is 20.8. The molecule has 1 atom stereocenters. The van der Waals surface area contributed by atoms with Crippen LogP contribution in [-0.4, -0.2) is 41.7 Å². The Morgan fingerprint density at radius 1 is 1.08 bits per heavy atom. The Labute approximate surface area is 223 Å². The summed E-state index contributed by atoms with van der Waals surface area (Å²) in [5, 5.41) is 3.33. The summed E-state index contributed by atoms with van der Waals surface area (Å²) < 4.78 is 18.2. The number of aromatic nitrogens is 1. The van der Waals surface area contributed by atoms with Gasteiger partial charge in [-0.1, -0.05) is 24.3 Å². The fraction of sp³-hybridized carbons (Fsp3) is 0.375. The number of nitrogens with zero attached hydrogens (tertiary/aromatic N) is 2. The van der Waals surface area contributed by atoms with Crippen LogP contribution >= 0.6 is 0 Å². The van der Waals surface area contributed by atoms with E-state index < -0.39 is 11.7 Å². The fourth-order valence-corrected chi connectivity index (χ4v) is 6.02. The highest BCUT2D eigenvalue weighted by Gasteiger charge is 2.37. The van der Waals surface area contributed by atoms with Crippen LogP contribution in [0.25, 0.3) is 32.8 Å². The quantitative estimate of drug-likeness (QED) is 0.292.